The zero-order valence-corrected chi connectivity index (χ0v) is 13.8. The maximum absolute atomic E-state index is 4.05. The van der Waals surface area contributed by atoms with Gasteiger partial charge in [0.15, 0.2) is 0 Å². The van der Waals surface area contributed by atoms with Crippen LogP contribution in [0.5, 0.6) is 0 Å². The van der Waals surface area contributed by atoms with Crippen molar-refractivity contribution in [2.75, 3.05) is 0 Å². The maximum atomic E-state index is 4.05. The zero-order valence-electron chi connectivity index (χ0n) is 13.8. The van der Waals surface area contributed by atoms with Crippen molar-refractivity contribution in [3.63, 3.8) is 0 Å². The van der Waals surface area contributed by atoms with E-state index >= 15 is 0 Å². The predicted octanol–water partition coefficient (Wildman–Crippen LogP) is 5.72. The monoisotopic (exact) mass is 285 g/mol. The highest BCUT2D eigenvalue weighted by Crippen LogP contribution is 2.61. The summed E-state index contributed by atoms with van der Waals surface area (Å²) in [6, 6.07) is 0. The first-order valence-electron chi connectivity index (χ1n) is 7.92. The second-order valence-corrected chi connectivity index (χ2v) is 6.61. The number of hydrogen-bond donors (Lipinski definition) is 0. The Bertz CT molecular complexity index is 840. The molecule has 0 N–H and O–H groups in total. The molecule has 0 bridgehead atoms. The molecule has 0 heteroatoms. The van der Waals surface area contributed by atoms with E-state index < -0.39 is 0 Å². The first-order valence-corrected chi connectivity index (χ1v) is 7.92. The SMILES string of the molecule is C=CC1=C2C=CC3=C4[C]2C(=C1C)C(C)=C(C)C4C(C)=C3C=C. The highest BCUT2D eigenvalue weighted by Gasteiger charge is 2.47. The minimum absolute atomic E-state index is 0.429. The second-order valence-electron chi connectivity index (χ2n) is 6.61. The van der Waals surface area contributed by atoms with Crippen LogP contribution in [-0.4, -0.2) is 0 Å². The van der Waals surface area contributed by atoms with E-state index in [0.717, 1.165) is 0 Å². The summed E-state index contributed by atoms with van der Waals surface area (Å²) in [6.45, 7) is 17.2. The molecule has 0 aromatic carbocycles. The highest BCUT2D eigenvalue weighted by atomic mass is 14.5. The van der Waals surface area contributed by atoms with Gasteiger partial charge in [0.25, 0.3) is 0 Å². The van der Waals surface area contributed by atoms with Crippen LogP contribution in [0, 0.1) is 11.8 Å². The maximum Gasteiger partial charge on any atom is 0.0616 e. The molecule has 4 rings (SSSR count). The van der Waals surface area contributed by atoms with Crippen LogP contribution in [0.15, 0.2) is 93.2 Å². The van der Waals surface area contributed by atoms with Crippen LogP contribution in [-0.2, 0) is 0 Å². The van der Waals surface area contributed by atoms with Gasteiger partial charge < -0.3 is 0 Å². The minimum atomic E-state index is 0.429. The molecule has 1 atom stereocenters. The van der Waals surface area contributed by atoms with E-state index in [1.165, 1.54) is 61.6 Å². The van der Waals surface area contributed by atoms with Gasteiger partial charge in [0.1, 0.15) is 0 Å². The Kier molecular flexibility index (Phi) is 2.61. The van der Waals surface area contributed by atoms with Crippen molar-refractivity contribution in [2.24, 2.45) is 5.92 Å². The Balaban J connectivity index is 2.12. The summed E-state index contributed by atoms with van der Waals surface area (Å²) in [5.74, 6) is 1.88. The van der Waals surface area contributed by atoms with E-state index in [9.17, 15) is 0 Å². The van der Waals surface area contributed by atoms with Crippen LogP contribution in [0.4, 0.5) is 0 Å². The third kappa shape index (κ3) is 1.30. The summed E-state index contributed by atoms with van der Waals surface area (Å²) >= 11 is 0. The molecule has 109 valence electrons. The molecule has 1 radical (unpaired) electrons. The average molecular weight is 285 g/mol. The lowest BCUT2D eigenvalue weighted by Gasteiger charge is -2.35. The summed E-state index contributed by atoms with van der Waals surface area (Å²) in [5.41, 5.74) is 14.0. The fourth-order valence-electron chi connectivity index (χ4n) is 4.71. The van der Waals surface area contributed by atoms with E-state index in [4.69, 9.17) is 0 Å². The topological polar surface area (TPSA) is 0 Å². The molecule has 4 aliphatic carbocycles. The highest BCUT2D eigenvalue weighted by molar-refractivity contribution is 5.85. The standard InChI is InChI=1S/C22H21/c1-7-15-13(5)19-11(3)12(4)20-14(6)16(8-2)18-10-9-17(15)21(19)22(18)20/h7-10,19H,1-2H2,3-6H3. The molecule has 0 nitrogen and oxygen atoms in total. The van der Waals surface area contributed by atoms with Crippen LogP contribution < -0.4 is 0 Å². The van der Waals surface area contributed by atoms with Crippen LogP contribution >= 0.6 is 0 Å². The molecule has 0 heterocycles. The Morgan fingerprint density at radius 2 is 1.45 bits per heavy atom. The van der Waals surface area contributed by atoms with Crippen LogP contribution in [0.3, 0.4) is 0 Å². The van der Waals surface area contributed by atoms with Crippen molar-refractivity contribution in [1.29, 1.82) is 0 Å². The molecule has 0 fully saturated rings. The van der Waals surface area contributed by atoms with Crippen molar-refractivity contribution >= 4 is 0 Å². The summed E-state index contributed by atoms with van der Waals surface area (Å²) in [6.07, 6.45) is 8.59. The Labute approximate surface area is 133 Å². The van der Waals surface area contributed by atoms with Crippen molar-refractivity contribution in [3.05, 3.63) is 99.1 Å². The molecular formula is C22H21. The predicted molar refractivity (Wildman–Crippen MR) is 94.1 cm³/mol. The van der Waals surface area contributed by atoms with Gasteiger partial charge >= 0.3 is 0 Å². The third-order valence-electron chi connectivity index (χ3n) is 5.81. The Morgan fingerprint density at radius 3 is 2.09 bits per heavy atom. The number of allylic oxidation sites excluding steroid dienone is 14. The lowest BCUT2D eigenvalue weighted by molar-refractivity contribution is 0.793. The molecule has 0 amide bonds. The molecule has 0 aliphatic heterocycles. The third-order valence-corrected chi connectivity index (χ3v) is 5.81. The van der Waals surface area contributed by atoms with Gasteiger partial charge in [0, 0.05) is 5.92 Å². The molecular weight excluding hydrogens is 264 g/mol. The molecule has 0 aromatic heterocycles. The summed E-state index contributed by atoms with van der Waals surface area (Å²) in [7, 11) is 0. The van der Waals surface area contributed by atoms with Crippen LogP contribution in [0.2, 0.25) is 0 Å². The molecule has 0 spiro atoms. The van der Waals surface area contributed by atoms with Gasteiger partial charge in [0.2, 0.25) is 0 Å². The van der Waals surface area contributed by atoms with Gasteiger partial charge in [-0.05, 0) is 72.3 Å². The van der Waals surface area contributed by atoms with Gasteiger partial charge in [-0.2, -0.15) is 0 Å². The fraction of sp³-hybridized carbons (Fsp3) is 0.227. The lowest BCUT2D eigenvalue weighted by atomic mass is 9.67. The number of hydrogen-bond acceptors (Lipinski definition) is 0. The van der Waals surface area contributed by atoms with Gasteiger partial charge in [0.05, 0.1) is 5.92 Å². The summed E-state index contributed by atoms with van der Waals surface area (Å²) in [5, 5.41) is 0. The van der Waals surface area contributed by atoms with E-state index in [2.05, 4.69) is 53.0 Å². The van der Waals surface area contributed by atoms with Crippen molar-refractivity contribution in [1.82, 2.24) is 0 Å². The largest absolute Gasteiger partial charge is 0.0984 e. The first kappa shape index (κ1) is 13.6. The lowest BCUT2D eigenvalue weighted by Crippen LogP contribution is -2.22. The van der Waals surface area contributed by atoms with E-state index in [1.54, 1.807) is 0 Å². The minimum Gasteiger partial charge on any atom is -0.0984 e. The molecule has 0 aromatic rings. The van der Waals surface area contributed by atoms with Crippen molar-refractivity contribution < 1.29 is 0 Å². The molecule has 22 heavy (non-hydrogen) atoms. The second kappa shape index (κ2) is 4.23. The zero-order chi connectivity index (χ0) is 15.8. The van der Waals surface area contributed by atoms with Crippen LogP contribution in [0.25, 0.3) is 0 Å². The molecule has 0 saturated carbocycles. The smallest absolute Gasteiger partial charge is 0.0616 e. The number of rotatable bonds is 2. The average Bonchev–Trinajstić information content (AvgIpc) is 2.95. The Hall–Kier alpha value is -2.08. The molecule has 0 saturated heterocycles. The summed E-state index contributed by atoms with van der Waals surface area (Å²) in [4.78, 5) is 0. The van der Waals surface area contributed by atoms with Gasteiger partial charge in [-0.3, -0.25) is 0 Å². The van der Waals surface area contributed by atoms with Gasteiger partial charge in [-0.1, -0.05) is 48.6 Å². The normalized spacial score (nSPS) is 26.6. The van der Waals surface area contributed by atoms with E-state index in [1.807, 2.05) is 12.2 Å². The fourth-order valence-corrected chi connectivity index (χ4v) is 4.71. The molecule has 4 aliphatic rings. The van der Waals surface area contributed by atoms with E-state index in [-0.39, 0.29) is 0 Å². The van der Waals surface area contributed by atoms with Crippen molar-refractivity contribution in [2.45, 2.75) is 27.7 Å². The van der Waals surface area contributed by atoms with Gasteiger partial charge in [-0.25, -0.2) is 0 Å². The van der Waals surface area contributed by atoms with Gasteiger partial charge in [-0.15, -0.1) is 0 Å². The van der Waals surface area contributed by atoms with E-state index in [0.29, 0.717) is 5.92 Å². The molecule has 1 unspecified atom stereocenters. The van der Waals surface area contributed by atoms with Crippen LogP contribution in [0.1, 0.15) is 27.7 Å². The van der Waals surface area contributed by atoms with Crippen molar-refractivity contribution in [3.8, 4) is 0 Å². The Morgan fingerprint density at radius 1 is 0.818 bits per heavy atom. The quantitative estimate of drug-likeness (QED) is 0.608. The first-order chi connectivity index (χ1) is 10.5. The summed E-state index contributed by atoms with van der Waals surface area (Å²) < 4.78 is 0.